The largest absolute Gasteiger partial charge is 0.285 e. The number of thioether (sulfide) groups is 1. The molecule has 0 saturated heterocycles. The van der Waals surface area contributed by atoms with Crippen molar-refractivity contribution >= 4 is 28.6 Å². The van der Waals surface area contributed by atoms with Crippen molar-refractivity contribution < 1.29 is 4.79 Å². The third kappa shape index (κ3) is 2.69. The van der Waals surface area contributed by atoms with E-state index in [1.54, 1.807) is 10.8 Å². The minimum Gasteiger partial charge on any atom is -0.285 e. The van der Waals surface area contributed by atoms with Gasteiger partial charge in [-0.1, -0.05) is 36.4 Å². The van der Waals surface area contributed by atoms with Crippen LogP contribution in [0.4, 0.5) is 0 Å². The number of rotatable bonds is 3. The van der Waals surface area contributed by atoms with E-state index in [0.29, 0.717) is 11.3 Å². The highest BCUT2D eigenvalue weighted by Gasteiger charge is 2.13. The van der Waals surface area contributed by atoms with E-state index in [9.17, 15) is 4.79 Å². The van der Waals surface area contributed by atoms with Crippen LogP contribution in [0.5, 0.6) is 0 Å². The van der Waals surface area contributed by atoms with Gasteiger partial charge in [0, 0.05) is 16.5 Å². The summed E-state index contributed by atoms with van der Waals surface area (Å²) in [5.41, 5.74) is 1.32. The maximum atomic E-state index is 12.4. The van der Waals surface area contributed by atoms with E-state index in [1.165, 1.54) is 11.8 Å². The molecule has 0 saturated carbocycles. The molecule has 2 aromatic carbocycles. The van der Waals surface area contributed by atoms with Gasteiger partial charge in [-0.2, -0.15) is 5.26 Å². The Morgan fingerprint density at radius 2 is 1.81 bits per heavy atom. The molecule has 3 aromatic rings. The molecule has 0 atom stereocenters. The number of hydrogen-bond donors (Lipinski definition) is 0. The SMILES string of the molecule is N#Cc1cn(C(=O)CSc2ccccc2)c2ccccc12. The molecule has 0 bridgehead atoms. The molecule has 3 rings (SSSR count). The molecular weight excluding hydrogens is 280 g/mol. The van der Waals surface area contributed by atoms with Gasteiger partial charge in [0.1, 0.15) is 6.07 Å². The van der Waals surface area contributed by atoms with Crippen molar-refractivity contribution in [1.82, 2.24) is 4.57 Å². The van der Waals surface area contributed by atoms with Crippen LogP contribution in [0, 0.1) is 11.3 Å². The van der Waals surface area contributed by atoms with Crippen LogP contribution in [0.1, 0.15) is 10.4 Å². The first-order valence-corrected chi connectivity index (χ1v) is 7.49. The summed E-state index contributed by atoms with van der Waals surface area (Å²) in [7, 11) is 0. The van der Waals surface area contributed by atoms with E-state index in [1.807, 2.05) is 54.6 Å². The Bertz CT molecular complexity index is 831. The fourth-order valence-electron chi connectivity index (χ4n) is 2.21. The second-order valence-electron chi connectivity index (χ2n) is 4.54. The summed E-state index contributed by atoms with van der Waals surface area (Å²) < 4.78 is 1.57. The third-order valence-electron chi connectivity index (χ3n) is 3.21. The summed E-state index contributed by atoms with van der Waals surface area (Å²) in [5.74, 6) is 0.314. The van der Waals surface area contributed by atoms with Gasteiger partial charge in [0.15, 0.2) is 0 Å². The fourth-order valence-corrected chi connectivity index (χ4v) is 2.99. The van der Waals surface area contributed by atoms with E-state index < -0.39 is 0 Å². The molecule has 0 aliphatic rings. The molecule has 1 aromatic heterocycles. The van der Waals surface area contributed by atoms with Crippen molar-refractivity contribution in [3.8, 4) is 6.07 Å². The van der Waals surface area contributed by atoms with Crippen LogP contribution in [0.3, 0.4) is 0 Å². The van der Waals surface area contributed by atoms with Crippen LogP contribution >= 0.6 is 11.8 Å². The minimum absolute atomic E-state index is 0.0263. The zero-order valence-electron chi connectivity index (χ0n) is 11.2. The number of aromatic nitrogens is 1. The van der Waals surface area contributed by atoms with Crippen LogP contribution in [0.15, 0.2) is 65.7 Å². The van der Waals surface area contributed by atoms with Crippen molar-refractivity contribution in [2.45, 2.75) is 4.90 Å². The average molecular weight is 292 g/mol. The van der Waals surface area contributed by atoms with Gasteiger partial charge >= 0.3 is 0 Å². The number of nitrogens with zero attached hydrogens (tertiary/aromatic N) is 2. The monoisotopic (exact) mass is 292 g/mol. The smallest absolute Gasteiger partial charge is 0.241 e. The predicted octanol–water partition coefficient (Wildman–Crippen LogP) is 3.95. The molecule has 4 heteroatoms. The summed E-state index contributed by atoms with van der Waals surface area (Å²) in [6.45, 7) is 0. The standard InChI is InChI=1S/C17H12N2OS/c18-10-13-11-19(16-9-5-4-8-15(13)16)17(20)12-21-14-6-2-1-3-7-14/h1-9,11H,12H2. The van der Waals surface area contributed by atoms with E-state index in [0.717, 1.165) is 15.8 Å². The van der Waals surface area contributed by atoms with Gasteiger partial charge in [-0.05, 0) is 18.2 Å². The second-order valence-corrected chi connectivity index (χ2v) is 5.59. The Kier molecular flexibility index (Phi) is 3.76. The molecule has 0 amide bonds. The Morgan fingerprint density at radius 1 is 1.10 bits per heavy atom. The molecule has 0 unspecified atom stereocenters. The fraction of sp³-hybridized carbons (Fsp3) is 0.0588. The topological polar surface area (TPSA) is 45.8 Å². The van der Waals surface area contributed by atoms with Crippen LogP contribution in [0.2, 0.25) is 0 Å². The summed E-state index contributed by atoms with van der Waals surface area (Å²) in [4.78, 5) is 13.5. The van der Waals surface area contributed by atoms with Gasteiger partial charge in [0.2, 0.25) is 5.91 Å². The number of para-hydroxylation sites is 1. The first kappa shape index (κ1) is 13.5. The number of benzene rings is 2. The predicted molar refractivity (Wildman–Crippen MR) is 84.4 cm³/mol. The minimum atomic E-state index is -0.0263. The van der Waals surface area contributed by atoms with Crippen LogP contribution < -0.4 is 0 Å². The average Bonchev–Trinajstić information content (AvgIpc) is 2.92. The van der Waals surface area contributed by atoms with Crippen molar-refractivity contribution in [3.05, 3.63) is 66.4 Å². The first-order chi connectivity index (χ1) is 10.3. The molecule has 1 heterocycles. The molecule has 3 nitrogen and oxygen atoms in total. The van der Waals surface area contributed by atoms with Crippen molar-refractivity contribution in [3.63, 3.8) is 0 Å². The van der Waals surface area contributed by atoms with Gasteiger partial charge in [0.05, 0.1) is 16.8 Å². The maximum absolute atomic E-state index is 12.4. The normalized spacial score (nSPS) is 10.4. The highest BCUT2D eigenvalue weighted by atomic mass is 32.2. The molecule has 0 radical (unpaired) electrons. The van der Waals surface area contributed by atoms with Crippen LogP contribution in [-0.2, 0) is 0 Å². The Hall–Kier alpha value is -2.51. The number of hydrogen-bond acceptors (Lipinski definition) is 3. The summed E-state index contributed by atoms with van der Waals surface area (Å²) in [6, 6.07) is 19.4. The summed E-state index contributed by atoms with van der Waals surface area (Å²) >= 11 is 1.50. The Morgan fingerprint density at radius 3 is 2.57 bits per heavy atom. The van der Waals surface area contributed by atoms with E-state index in [-0.39, 0.29) is 5.91 Å². The van der Waals surface area contributed by atoms with E-state index >= 15 is 0 Å². The Balaban J connectivity index is 1.87. The lowest BCUT2D eigenvalue weighted by atomic mass is 10.2. The zero-order chi connectivity index (χ0) is 14.7. The van der Waals surface area contributed by atoms with Crippen LogP contribution in [-0.4, -0.2) is 16.2 Å². The Labute approximate surface area is 126 Å². The van der Waals surface area contributed by atoms with Gasteiger partial charge in [-0.15, -0.1) is 11.8 Å². The zero-order valence-corrected chi connectivity index (χ0v) is 12.0. The molecule has 0 spiro atoms. The molecule has 0 N–H and O–H groups in total. The second kappa shape index (κ2) is 5.86. The number of carbonyl (C=O) groups is 1. The highest BCUT2D eigenvalue weighted by Crippen LogP contribution is 2.22. The van der Waals surface area contributed by atoms with Gasteiger partial charge < -0.3 is 0 Å². The van der Waals surface area contributed by atoms with E-state index in [2.05, 4.69) is 6.07 Å². The molecule has 21 heavy (non-hydrogen) atoms. The first-order valence-electron chi connectivity index (χ1n) is 6.51. The number of fused-ring (bicyclic) bond motifs is 1. The van der Waals surface area contributed by atoms with Crippen molar-refractivity contribution in [2.75, 3.05) is 5.75 Å². The van der Waals surface area contributed by atoms with Gasteiger partial charge in [-0.3, -0.25) is 9.36 Å². The molecule has 102 valence electrons. The number of carbonyl (C=O) groups excluding carboxylic acids is 1. The summed E-state index contributed by atoms with van der Waals surface area (Å²) in [5, 5.41) is 9.98. The molecule has 0 aliphatic heterocycles. The lowest BCUT2D eigenvalue weighted by Gasteiger charge is -2.04. The quantitative estimate of drug-likeness (QED) is 0.687. The van der Waals surface area contributed by atoms with Gasteiger partial charge in [-0.25, -0.2) is 0 Å². The third-order valence-corrected chi connectivity index (χ3v) is 4.20. The van der Waals surface area contributed by atoms with Crippen molar-refractivity contribution in [1.29, 1.82) is 5.26 Å². The van der Waals surface area contributed by atoms with E-state index in [4.69, 9.17) is 5.26 Å². The lowest BCUT2D eigenvalue weighted by Crippen LogP contribution is -2.11. The van der Waals surface area contributed by atoms with Crippen LogP contribution in [0.25, 0.3) is 10.9 Å². The number of nitriles is 1. The molecule has 0 aliphatic carbocycles. The summed E-state index contributed by atoms with van der Waals surface area (Å²) in [6.07, 6.45) is 1.62. The van der Waals surface area contributed by atoms with Gasteiger partial charge in [0.25, 0.3) is 0 Å². The molecule has 0 fully saturated rings. The van der Waals surface area contributed by atoms with Crippen molar-refractivity contribution in [2.24, 2.45) is 0 Å². The maximum Gasteiger partial charge on any atom is 0.241 e. The molecular formula is C17H12N2OS. The lowest BCUT2D eigenvalue weighted by molar-refractivity contribution is 0.0947. The highest BCUT2D eigenvalue weighted by molar-refractivity contribution is 8.00.